The number of ether oxygens (including phenoxy) is 1. The van der Waals surface area contributed by atoms with Crippen molar-refractivity contribution < 1.29 is 19.4 Å². The molecule has 2 amide bonds. The molecule has 7 nitrogen and oxygen atoms in total. The van der Waals surface area contributed by atoms with E-state index in [0.29, 0.717) is 5.75 Å². The molecule has 0 fully saturated rings. The van der Waals surface area contributed by atoms with Gasteiger partial charge < -0.3 is 15.2 Å². The lowest BCUT2D eigenvalue weighted by Crippen LogP contribution is -2.51. The van der Waals surface area contributed by atoms with Crippen LogP contribution in [0, 0.1) is 0 Å². The Morgan fingerprint density at radius 1 is 1.18 bits per heavy atom. The predicted molar refractivity (Wildman–Crippen MR) is 80.8 cm³/mol. The van der Waals surface area contributed by atoms with E-state index in [1.54, 1.807) is 6.07 Å². The fraction of sp³-hybridized carbons (Fsp3) is 0.200. The van der Waals surface area contributed by atoms with Crippen LogP contribution in [0.3, 0.4) is 0 Å². The number of rotatable bonds is 6. The number of carbonyl (C=O) groups excluding carboxylic acids is 2. The number of amides is 2. The molecule has 0 unspecified atom stereocenters. The summed E-state index contributed by atoms with van der Waals surface area (Å²) in [7, 11) is 0. The van der Waals surface area contributed by atoms with Crippen LogP contribution in [0.15, 0.2) is 42.5 Å². The average molecular weight is 303 g/mol. The number of benzene rings is 2. The van der Waals surface area contributed by atoms with E-state index >= 15 is 0 Å². The largest absolute Gasteiger partial charge is 0.484 e. The molecule has 0 spiro atoms. The normalized spacial score (nSPS) is 11.7. The number of carbonyl (C=O) groups is 2. The summed E-state index contributed by atoms with van der Waals surface area (Å²) in [6.07, 6.45) is 0. The van der Waals surface area contributed by atoms with Crippen molar-refractivity contribution in [2.45, 2.75) is 6.04 Å². The second-order valence-corrected chi connectivity index (χ2v) is 4.61. The maximum absolute atomic E-state index is 11.7. The van der Waals surface area contributed by atoms with E-state index < -0.39 is 24.5 Å². The molecule has 1 atom stereocenters. The molecule has 0 aliphatic rings. The van der Waals surface area contributed by atoms with Crippen molar-refractivity contribution >= 4 is 22.6 Å². The summed E-state index contributed by atoms with van der Waals surface area (Å²) in [4.78, 5) is 22.9. The summed E-state index contributed by atoms with van der Waals surface area (Å²) < 4.78 is 5.38. The van der Waals surface area contributed by atoms with Gasteiger partial charge in [-0.25, -0.2) is 5.84 Å². The summed E-state index contributed by atoms with van der Waals surface area (Å²) in [5.41, 5.74) is 1.86. The molecule has 2 aromatic carbocycles. The first-order valence-corrected chi connectivity index (χ1v) is 6.66. The van der Waals surface area contributed by atoms with Gasteiger partial charge in [0.25, 0.3) is 11.8 Å². The Labute approximate surface area is 127 Å². The minimum Gasteiger partial charge on any atom is -0.484 e. The van der Waals surface area contributed by atoms with Gasteiger partial charge in [-0.05, 0) is 22.9 Å². The fourth-order valence-electron chi connectivity index (χ4n) is 1.94. The minimum absolute atomic E-state index is 0.271. The van der Waals surface area contributed by atoms with E-state index in [2.05, 4.69) is 5.32 Å². The third-order valence-corrected chi connectivity index (χ3v) is 3.07. The predicted octanol–water partition coefficient (Wildman–Crippen LogP) is -0.314. The minimum atomic E-state index is -1.10. The summed E-state index contributed by atoms with van der Waals surface area (Å²) in [6, 6.07) is 12.1. The molecular weight excluding hydrogens is 286 g/mol. The van der Waals surface area contributed by atoms with Gasteiger partial charge in [0.15, 0.2) is 6.61 Å². The zero-order valence-corrected chi connectivity index (χ0v) is 11.8. The van der Waals surface area contributed by atoms with Crippen molar-refractivity contribution in [3.05, 3.63) is 42.5 Å². The number of nitrogens with one attached hydrogen (secondary N) is 2. The summed E-state index contributed by atoms with van der Waals surface area (Å²) in [6.45, 7) is -0.822. The van der Waals surface area contributed by atoms with Crippen molar-refractivity contribution in [3.63, 3.8) is 0 Å². The van der Waals surface area contributed by atoms with Gasteiger partial charge in [0.2, 0.25) is 0 Å². The van der Waals surface area contributed by atoms with Gasteiger partial charge in [-0.3, -0.25) is 15.0 Å². The molecule has 0 heterocycles. The van der Waals surface area contributed by atoms with Crippen molar-refractivity contribution in [2.75, 3.05) is 13.2 Å². The average Bonchev–Trinajstić information content (AvgIpc) is 2.56. The zero-order chi connectivity index (χ0) is 15.9. The Morgan fingerprint density at radius 3 is 2.59 bits per heavy atom. The first-order valence-electron chi connectivity index (χ1n) is 6.66. The molecule has 7 heteroatoms. The van der Waals surface area contributed by atoms with Crippen LogP contribution in [0.5, 0.6) is 5.75 Å². The van der Waals surface area contributed by atoms with Crippen LogP contribution < -0.4 is 21.3 Å². The van der Waals surface area contributed by atoms with Gasteiger partial charge in [0.05, 0.1) is 6.61 Å². The Balaban J connectivity index is 1.93. The zero-order valence-electron chi connectivity index (χ0n) is 11.8. The quantitative estimate of drug-likeness (QED) is 0.332. The van der Waals surface area contributed by atoms with Gasteiger partial charge in [-0.15, -0.1) is 0 Å². The molecule has 2 aromatic rings. The van der Waals surface area contributed by atoms with Crippen molar-refractivity contribution in [2.24, 2.45) is 5.84 Å². The standard InChI is InChI=1S/C15H17N3O4/c16-18-15(21)13(8-19)17-14(20)9-22-12-6-5-10-3-1-2-4-11(10)7-12/h1-7,13,19H,8-9,16H2,(H,17,20)(H,18,21)/t13-/m0/s1. The summed E-state index contributed by atoms with van der Waals surface area (Å²) >= 11 is 0. The number of hydrogen-bond acceptors (Lipinski definition) is 5. The molecule has 2 rings (SSSR count). The van der Waals surface area contributed by atoms with Crippen LogP contribution in [0.4, 0.5) is 0 Å². The molecule has 0 radical (unpaired) electrons. The first-order chi connectivity index (χ1) is 10.6. The van der Waals surface area contributed by atoms with E-state index in [1.165, 1.54) is 0 Å². The highest BCUT2D eigenvalue weighted by atomic mass is 16.5. The maximum atomic E-state index is 11.7. The molecule has 0 aliphatic carbocycles. The molecule has 0 saturated carbocycles. The van der Waals surface area contributed by atoms with E-state index in [-0.39, 0.29) is 6.61 Å². The third kappa shape index (κ3) is 3.94. The van der Waals surface area contributed by atoms with Crippen LogP contribution >= 0.6 is 0 Å². The van der Waals surface area contributed by atoms with Crippen LogP contribution in [-0.2, 0) is 9.59 Å². The highest BCUT2D eigenvalue weighted by Gasteiger charge is 2.18. The highest BCUT2D eigenvalue weighted by molar-refractivity contribution is 5.88. The number of aliphatic hydroxyl groups is 1. The summed E-state index contributed by atoms with van der Waals surface area (Å²) in [5, 5.41) is 13.4. The molecule has 22 heavy (non-hydrogen) atoms. The lowest BCUT2D eigenvalue weighted by atomic mass is 10.1. The lowest BCUT2D eigenvalue weighted by Gasteiger charge is -2.14. The van der Waals surface area contributed by atoms with Gasteiger partial charge in [-0.1, -0.05) is 30.3 Å². The van der Waals surface area contributed by atoms with Gasteiger partial charge in [0, 0.05) is 0 Å². The van der Waals surface area contributed by atoms with E-state index in [4.69, 9.17) is 15.7 Å². The summed E-state index contributed by atoms with van der Waals surface area (Å²) in [5.74, 6) is 4.28. The van der Waals surface area contributed by atoms with Crippen molar-refractivity contribution in [1.82, 2.24) is 10.7 Å². The molecule has 0 bridgehead atoms. The van der Waals surface area contributed by atoms with Crippen LogP contribution in [0.1, 0.15) is 0 Å². The van der Waals surface area contributed by atoms with Crippen molar-refractivity contribution in [3.8, 4) is 5.75 Å². The fourth-order valence-corrected chi connectivity index (χ4v) is 1.94. The second kappa shape index (κ2) is 7.39. The van der Waals surface area contributed by atoms with Gasteiger partial charge in [0.1, 0.15) is 11.8 Å². The molecule has 0 aliphatic heterocycles. The highest BCUT2D eigenvalue weighted by Crippen LogP contribution is 2.20. The Bertz CT molecular complexity index is 675. The van der Waals surface area contributed by atoms with Crippen LogP contribution in [0.25, 0.3) is 10.8 Å². The molecule has 0 saturated heterocycles. The lowest BCUT2D eigenvalue weighted by molar-refractivity contribution is -0.131. The van der Waals surface area contributed by atoms with E-state index in [9.17, 15) is 9.59 Å². The van der Waals surface area contributed by atoms with E-state index in [0.717, 1.165) is 10.8 Å². The van der Waals surface area contributed by atoms with E-state index in [1.807, 2.05) is 41.8 Å². The van der Waals surface area contributed by atoms with Crippen LogP contribution in [0.2, 0.25) is 0 Å². The monoisotopic (exact) mass is 303 g/mol. The Morgan fingerprint density at radius 2 is 1.91 bits per heavy atom. The topological polar surface area (TPSA) is 114 Å². The number of nitrogens with two attached hydrogens (primary N) is 1. The SMILES string of the molecule is NNC(=O)[C@H](CO)NC(=O)COc1ccc2ccccc2c1. The Kier molecular flexibility index (Phi) is 5.29. The molecule has 116 valence electrons. The van der Waals surface area contributed by atoms with Gasteiger partial charge in [-0.2, -0.15) is 0 Å². The first kappa shape index (κ1) is 15.7. The maximum Gasteiger partial charge on any atom is 0.258 e. The Hall–Kier alpha value is -2.64. The van der Waals surface area contributed by atoms with Crippen molar-refractivity contribution in [1.29, 1.82) is 0 Å². The number of hydrogen-bond donors (Lipinski definition) is 4. The van der Waals surface area contributed by atoms with Crippen LogP contribution in [-0.4, -0.2) is 36.2 Å². The number of hydrazine groups is 1. The molecular formula is C15H17N3O4. The smallest absolute Gasteiger partial charge is 0.258 e. The second-order valence-electron chi connectivity index (χ2n) is 4.61. The molecule has 5 N–H and O–H groups in total. The molecule has 0 aromatic heterocycles. The van der Waals surface area contributed by atoms with Gasteiger partial charge >= 0.3 is 0 Å². The number of aliphatic hydroxyl groups excluding tert-OH is 1. The third-order valence-electron chi connectivity index (χ3n) is 3.07. The number of fused-ring (bicyclic) bond motifs is 1.